The predicted molar refractivity (Wildman–Crippen MR) is 128 cm³/mol. The lowest BCUT2D eigenvalue weighted by Gasteiger charge is -2.25. The van der Waals surface area contributed by atoms with E-state index in [4.69, 9.17) is 0 Å². The van der Waals surface area contributed by atoms with Crippen LogP contribution in [0.5, 0.6) is 0 Å². The number of nitro benzene ring substituents is 1. The van der Waals surface area contributed by atoms with Crippen LogP contribution in [0.25, 0.3) is 0 Å². The molecule has 2 aliphatic heterocycles. The van der Waals surface area contributed by atoms with E-state index >= 15 is 0 Å². The Balaban J connectivity index is 1.34. The molecule has 1 amide bonds. The number of rotatable bonds is 6. The average Bonchev–Trinajstić information content (AvgIpc) is 3.03. The fraction of sp³-hybridized carbons (Fsp3) is 0.391. The molecule has 3 aliphatic rings. The number of aromatic nitrogens is 4. The van der Waals surface area contributed by atoms with Crippen LogP contribution in [0.2, 0.25) is 0 Å². The van der Waals surface area contributed by atoms with E-state index in [-0.39, 0.29) is 11.3 Å². The van der Waals surface area contributed by atoms with E-state index in [0.717, 1.165) is 30.6 Å². The molecule has 1 N–H and O–H groups in total. The Morgan fingerprint density at radius 1 is 1.09 bits per heavy atom. The molecule has 34 heavy (non-hydrogen) atoms. The first-order chi connectivity index (χ1) is 16.5. The van der Waals surface area contributed by atoms with Crippen molar-refractivity contribution in [3.63, 3.8) is 0 Å². The summed E-state index contributed by atoms with van der Waals surface area (Å²) in [5.41, 5.74) is 1.83. The zero-order chi connectivity index (χ0) is 23.7. The molecule has 11 heteroatoms. The van der Waals surface area contributed by atoms with Crippen molar-refractivity contribution >= 4 is 34.7 Å². The number of benzene rings is 2. The molecule has 3 aromatic rings. The molecule has 0 spiro atoms. The van der Waals surface area contributed by atoms with Gasteiger partial charge in [-0.05, 0) is 90.0 Å². The van der Waals surface area contributed by atoms with E-state index < -0.39 is 10.8 Å². The van der Waals surface area contributed by atoms with Gasteiger partial charge in [0.2, 0.25) is 5.16 Å². The minimum Gasteiger partial charge on any atom is -0.371 e. The Hall–Kier alpha value is -3.47. The average molecular weight is 480 g/mol. The first-order valence-corrected chi connectivity index (χ1v) is 12.1. The third-order valence-corrected chi connectivity index (χ3v) is 7.72. The molecular formula is C23H25N7O3S. The maximum absolute atomic E-state index is 13.1. The number of carbonyl (C=O) groups excluding carboxylic acids is 1. The molecule has 1 aromatic heterocycles. The smallest absolute Gasteiger partial charge is 0.270 e. The highest BCUT2D eigenvalue weighted by molar-refractivity contribution is 7.99. The lowest BCUT2D eigenvalue weighted by molar-refractivity contribution is -0.384. The number of carbonyl (C=O) groups is 1. The molecule has 0 atom stereocenters. The molecule has 1 saturated carbocycles. The van der Waals surface area contributed by atoms with Gasteiger partial charge >= 0.3 is 0 Å². The number of tetrazole rings is 1. The largest absolute Gasteiger partial charge is 0.371 e. The van der Waals surface area contributed by atoms with Gasteiger partial charge < -0.3 is 10.2 Å². The molecular weight excluding hydrogens is 454 g/mol. The second-order valence-electron chi connectivity index (χ2n) is 8.92. The summed E-state index contributed by atoms with van der Waals surface area (Å²) in [5, 5.41) is 26.0. The van der Waals surface area contributed by atoms with Gasteiger partial charge in [-0.1, -0.05) is 0 Å². The summed E-state index contributed by atoms with van der Waals surface area (Å²) in [6.45, 7) is 2.18. The molecule has 2 aromatic carbocycles. The maximum Gasteiger partial charge on any atom is 0.270 e. The topological polar surface area (TPSA) is 119 Å². The Kier molecular flexibility index (Phi) is 6.18. The zero-order valence-corrected chi connectivity index (χ0v) is 19.6. The van der Waals surface area contributed by atoms with Crippen LogP contribution in [0.3, 0.4) is 0 Å². The summed E-state index contributed by atoms with van der Waals surface area (Å²) in [6, 6.07) is 12.0. The van der Waals surface area contributed by atoms with Crippen LogP contribution in [-0.2, 0) is 7.05 Å². The molecule has 3 heterocycles. The SMILES string of the molecule is Cn1nnnc1Sc1ccc([N+](=O)[O-])cc1C(=O)Nc1ccc(N2CC3CCC(CC3)C2)cc1. The quantitative estimate of drug-likeness (QED) is 0.414. The van der Waals surface area contributed by atoms with Crippen molar-refractivity contribution in [2.75, 3.05) is 23.3 Å². The zero-order valence-electron chi connectivity index (χ0n) is 18.8. The lowest BCUT2D eigenvalue weighted by atomic mass is 9.84. The summed E-state index contributed by atoms with van der Waals surface area (Å²) in [7, 11) is 1.69. The lowest BCUT2D eigenvalue weighted by Crippen LogP contribution is -2.28. The molecule has 3 fully saturated rings. The van der Waals surface area contributed by atoms with Gasteiger partial charge in [-0.2, -0.15) is 0 Å². The molecule has 2 saturated heterocycles. The molecule has 1 aliphatic carbocycles. The van der Waals surface area contributed by atoms with Crippen molar-refractivity contribution in [1.82, 2.24) is 20.2 Å². The van der Waals surface area contributed by atoms with Gasteiger partial charge in [0, 0.05) is 48.5 Å². The number of nitro groups is 1. The van der Waals surface area contributed by atoms with Crippen LogP contribution >= 0.6 is 11.8 Å². The van der Waals surface area contributed by atoms with Gasteiger partial charge in [-0.3, -0.25) is 14.9 Å². The molecule has 10 nitrogen and oxygen atoms in total. The molecule has 0 radical (unpaired) electrons. The first-order valence-electron chi connectivity index (χ1n) is 11.3. The van der Waals surface area contributed by atoms with Crippen molar-refractivity contribution in [3.05, 3.63) is 58.1 Å². The monoisotopic (exact) mass is 479 g/mol. The molecule has 0 unspecified atom stereocenters. The van der Waals surface area contributed by atoms with Crippen LogP contribution in [0.4, 0.5) is 17.1 Å². The van der Waals surface area contributed by atoms with Crippen molar-refractivity contribution in [2.45, 2.75) is 35.7 Å². The van der Waals surface area contributed by atoms with Crippen LogP contribution < -0.4 is 10.2 Å². The van der Waals surface area contributed by atoms with Crippen LogP contribution in [0.15, 0.2) is 52.5 Å². The molecule has 6 rings (SSSR count). The van der Waals surface area contributed by atoms with Gasteiger partial charge in [-0.15, -0.1) is 5.10 Å². The third kappa shape index (κ3) is 4.74. The Bertz CT molecular complexity index is 1190. The number of nitrogens with zero attached hydrogens (tertiary/aromatic N) is 6. The number of hydrogen-bond acceptors (Lipinski definition) is 8. The number of hydrogen-bond donors (Lipinski definition) is 1. The van der Waals surface area contributed by atoms with E-state index in [9.17, 15) is 14.9 Å². The van der Waals surface area contributed by atoms with E-state index in [1.807, 2.05) is 24.3 Å². The Morgan fingerprint density at radius 2 is 1.76 bits per heavy atom. The highest BCUT2D eigenvalue weighted by atomic mass is 32.2. The Labute approximate surface area is 200 Å². The normalized spacial score (nSPS) is 19.6. The minimum absolute atomic E-state index is 0.156. The van der Waals surface area contributed by atoms with Crippen LogP contribution in [0.1, 0.15) is 36.0 Å². The second-order valence-corrected chi connectivity index (χ2v) is 9.93. The summed E-state index contributed by atoms with van der Waals surface area (Å²) in [4.78, 5) is 26.9. The summed E-state index contributed by atoms with van der Waals surface area (Å²) in [5.74, 6) is 1.11. The maximum atomic E-state index is 13.1. The van der Waals surface area contributed by atoms with Crippen molar-refractivity contribution in [2.24, 2.45) is 18.9 Å². The molecule has 176 valence electrons. The van der Waals surface area contributed by atoms with E-state index in [1.54, 1.807) is 13.1 Å². The van der Waals surface area contributed by atoms with E-state index in [2.05, 4.69) is 25.7 Å². The van der Waals surface area contributed by atoms with Gasteiger partial charge in [0.05, 0.1) is 10.5 Å². The van der Waals surface area contributed by atoms with Crippen LogP contribution in [-0.4, -0.2) is 44.1 Å². The van der Waals surface area contributed by atoms with Gasteiger partial charge in [-0.25, -0.2) is 4.68 Å². The van der Waals surface area contributed by atoms with Gasteiger partial charge in [0.25, 0.3) is 11.6 Å². The molecule has 2 bridgehead atoms. The summed E-state index contributed by atoms with van der Waals surface area (Å²) >= 11 is 1.17. The van der Waals surface area contributed by atoms with Crippen molar-refractivity contribution in [3.8, 4) is 0 Å². The number of non-ortho nitro benzene ring substituents is 1. The predicted octanol–water partition coefficient (Wildman–Crippen LogP) is 4.15. The second kappa shape index (κ2) is 9.41. The highest BCUT2D eigenvalue weighted by Gasteiger charge is 2.29. The fourth-order valence-electron chi connectivity index (χ4n) is 4.76. The highest BCUT2D eigenvalue weighted by Crippen LogP contribution is 2.36. The fourth-order valence-corrected chi connectivity index (χ4v) is 5.60. The third-order valence-electron chi connectivity index (χ3n) is 6.61. The number of anilines is 2. The summed E-state index contributed by atoms with van der Waals surface area (Å²) in [6.07, 6.45) is 5.29. The number of nitrogens with one attached hydrogen (secondary N) is 1. The van der Waals surface area contributed by atoms with Crippen molar-refractivity contribution in [1.29, 1.82) is 0 Å². The Morgan fingerprint density at radius 3 is 2.35 bits per heavy atom. The van der Waals surface area contributed by atoms with Gasteiger partial charge in [0.1, 0.15) is 0 Å². The van der Waals surface area contributed by atoms with E-state index in [0.29, 0.717) is 15.7 Å². The van der Waals surface area contributed by atoms with E-state index in [1.165, 1.54) is 54.3 Å². The van der Waals surface area contributed by atoms with Crippen LogP contribution in [0, 0.1) is 22.0 Å². The van der Waals surface area contributed by atoms with Crippen molar-refractivity contribution < 1.29 is 9.72 Å². The number of aryl methyl sites for hydroxylation is 1. The summed E-state index contributed by atoms with van der Waals surface area (Å²) < 4.78 is 1.47. The standard InChI is InChI=1S/C23H25N7O3S/c1-28-23(25-26-27-28)34-21-11-10-19(30(32)33)12-20(21)22(31)24-17-6-8-18(9-7-17)29-13-15-2-3-16(14-29)5-4-15/h6-12,15-16H,2-5,13-14H2,1H3,(H,24,31). The number of fused-ring (bicyclic) bond motifs is 4. The minimum atomic E-state index is -0.516. The first kappa shape index (κ1) is 22.3. The van der Waals surface area contributed by atoms with Gasteiger partial charge in [0.15, 0.2) is 0 Å². The number of amides is 1.